The van der Waals surface area contributed by atoms with Gasteiger partial charge in [-0.2, -0.15) is 0 Å². The Labute approximate surface area is 118 Å². The van der Waals surface area contributed by atoms with E-state index < -0.39 is 0 Å². The van der Waals surface area contributed by atoms with E-state index in [2.05, 4.69) is 15.9 Å². The molecule has 1 heterocycles. The molecule has 3 rings (SSSR count). The Kier molecular flexibility index (Phi) is 3.26. The van der Waals surface area contributed by atoms with E-state index in [9.17, 15) is 4.39 Å². The average Bonchev–Trinajstić information content (AvgIpc) is 3.07. The van der Waals surface area contributed by atoms with Crippen LogP contribution in [0.5, 0.6) is 0 Å². The number of benzene rings is 1. The van der Waals surface area contributed by atoms with Gasteiger partial charge in [-0.05, 0) is 49.1 Å². The first-order valence-corrected chi connectivity index (χ1v) is 7.57. The highest BCUT2D eigenvalue weighted by atomic mass is 79.9. The van der Waals surface area contributed by atoms with Crippen molar-refractivity contribution in [3.05, 3.63) is 45.5 Å². The summed E-state index contributed by atoms with van der Waals surface area (Å²) in [6, 6.07) is 9.28. The second-order valence-corrected chi connectivity index (χ2v) is 6.72. The van der Waals surface area contributed by atoms with E-state index in [0.29, 0.717) is 11.5 Å². The number of halogens is 2. The number of hydrogen-bond donors (Lipinski definition) is 1. The highest BCUT2D eigenvalue weighted by Crippen LogP contribution is 2.43. The van der Waals surface area contributed by atoms with Crippen LogP contribution in [0.2, 0.25) is 0 Å². The van der Waals surface area contributed by atoms with Crippen molar-refractivity contribution in [2.24, 2.45) is 11.7 Å². The van der Waals surface area contributed by atoms with Crippen LogP contribution < -0.4 is 5.73 Å². The fourth-order valence-electron chi connectivity index (χ4n) is 2.05. The smallest absolute Gasteiger partial charge is 0.132 e. The Balaban J connectivity index is 1.92. The summed E-state index contributed by atoms with van der Waals surface area (Å²) in [5.41, 5.74) is 6.81. The van der Waals surface area contributed by atoms with Crippen molar-refractivity contribution in [2.75, 3.05) is 0 Å². The van der Waals surface area contributed by atoms with Crippen molar-refractivity contribution in [2.45, 2.75) is 18.9 Å². The van der Waals surface area contributed by atoms with Gasteiger partial charge in [-0.3, -0.25) is 0 Å². The molecule has 0 spiro atoms. The Bertz CT molecular complexity index is 577. The molecule has 1 fully saturated rings. The standard InChI is InChI=1S/C14H13BrFNS/c15-9-3-4-10(11(16)7-9)12-5-6-13(18-12)14(17)8-1-2-8/h3-8,14H,1-2,17H2. The first-order valence-electron chi connectivity index (χ1n) is 5.96. The zero-order chi connectivity index (χ0) is 12.7. The van der Waals surface area contributed by atoms with Crippen LogP contribution in [0, 0.1) is 11.7 Å². The molecule has 1 aromatic heterocycles. The van der Waals surface area contributed by atoms with Crippen LogP contribution in [-0.4, -0.2) is 0 Å². The lowest BCUT2D eigenvalue weighted by Crippen LogP contribution is -2.10. The first kappa shape index (κ1) is 12.3. The topological polar surface area (TPSA) is 26.0 Å². The minimum Gasteiger partial charge on any atom is -0.323 e. The second kappa shape index (κ2) is 4.76. The zero-order valence-electron chi connectivity index (χ0n) is 9.70. The zero-order valence-corrected chi connectivity index (χ0v) is 12.1. The van der Waals surface area contributed by atoms with Gasteiger partial charge in [0.25, 0.3) is 0 Å². The maximum atomic E-state index is 13.9. The van der Waals surface area contributed by atoms with Crippen LogP contribution in [0.25, 0.3) is 10.4 Å². The minimum absolute atomic E-state index is 0.127. The van der Waals surface area contributed by atoms with E-state index in [4.69, 9.17) is 5.73 Å². The van der Waals surface area contributed by atoms with Gasteiger partial charge >= 0.3 is 0 Å². The number of rotatable bonds is 3. The lowest BCUT2D eigenvalue weighted by atomic mass is 10.1. The summed E-state index contributed by atoms with van der Waals surface area (Å²) in [5.74, 6) is 0.434. The monoisotopic (exact) mass is 325 g/mol. The largest absolute Gasteiger partial charge is 0.323 e. The Morgan fingerprint density at radius 3 is 2.72 bits per heavy atom. The third-order valence-electron chi connectivity index (χ3n) is 3.28. The lowest BCUT2D eigenvalue weighted by Gasteiger charge is -2.06. The summed E-state index contributed by atoms with van der Waals surface area (Å²) in [5, 5.41) is 0. The molecule has 0 bridgehead atoms. The molecule has 0 radical (unpaired) electrons. The molecule has 1 saturated carbocycles. The quantitative estimate of drug-likeness (QED) is 0.867. The van der Waals surface area contributed by atoms with Crippen molar-refractivity contribution >= 4 is 27.3 Å². The van der Waals surface area contributed by atoms with Gasteiger partial charge in [0.15, 0.2) is 0 Å². The summed E-state index contributed by atoms with van der Waals surface area (Å²) in [7, 11) is 0. The van der Waals surface area contributed by atoms with Gasteiger partial charge in [0.05, 0.1) is 0 Å². The normalized spacial score (nSPS) is 16.8. The molecule has 94 valence electrons. The summed E-state index contributed by atoms with van der Waals surface area (Å²) in [6.07, 6.45) is 2.45. The SMILES string of the molecule is NC(c1ccc(-c2ccc(Br)cc2F)s1)C1CC1. The molecule has 1 aromatic carbocycles. The van der Waals surface area contributed by atoms with E-state index in [1.807, 2.05) is 18.2 Å². The maximum absolute atomic E-state index is 13.9. The molecule has 1 aliphatic carbocycles. The molecule has 0 amide bonds. The minimum atomic E-state index is -0.197. The van der Waals surface area contributed by atoms with Crippen molar-refractivity contribution in [3.8, 4) is 10.4 Å². The van der Waals surface area contributed by atoms with Crippen molar-refractivity contribution < 1.29 is 4.39 Å². The maximum Gasteiger partial charge on any atom is 0.132 e. The Hall–Kier alpha value is -0.710. The molecule has 0 saturated heterocycles. The van der Waals surface area contributed by atoms with E-state index in [0.717, 1.165) is 14.2 Å². The van der Waals surface area contributed by atoms with Gasteiger partial charge in [-0.15, -0.1) is 11.3 Å². The molecule has 1 unspecified atom stereocenters. The third-order valence-corrected chi connectivity index (χ3v) is 4.99. The van der Waals surface area contributed by atoms with Crippen molar-refractivity contribution in [1.82, 2.24) is 0 Å². The number of hydrogen-bond acceptors (Lipinski definition) is 2. The molecule has 2 N–H and O–H groups in total. The van der Waals surface area contributed by atoms with Crippen LogP contribution in [0.3, 0.4) is 0 Å². The molecule has 1 atom stereocenters. The highest BCUT2D eigenvalue weighted by Gasteiger charge is 2.30. The first-order chi connectivity index (χ1) is 8.65. The van der Waals surface area contributed by atoms with Gasteiger partial charge in [0.1, 0.15) is 5.82 Å². The molecule has 1 aliphatic rings. The predicted octanol–water partition coefficient (Wildman–Crippen LogP) is 4.73. The van der Waals surface area contributed by atoms with E-state index in [-0.39, 0.29) is 11.9 Å². The predicted molar refractivity (Wildman–Crippen MR) is 77.1 cm³/mol. The van der Waals surface area contributed by atoms with Crippen molar-refractivity contribution in [1.29, 1.82) is 0 Å². The second-order valence-electron chi connectivity index (χ2n) is 4.69. The van der Waals surface area contributed by atoms with Crippen LogP contribution >= 0.6 is 27.3 Å². The van der Waals surface area contributed by atoms with Crippen LogP contribution in [0.1, 0.15) is 23.8 Å². The molecule has 18 heavy (non-hydrogen) atoms. The lowest BCUT2D eigenvalue weighted by molar-refractivity contribution is 0.631. The van der Waals surface area contributed by atoms with Gasteiger partial charge in [-0.1, -0.05) is 15.9 Å². The molecular formula is C14H13BrFNS. The molecule has 1 nitrogen and oxygen atoms in total. The number of thiophene rings is 1. The van der Waals surface area contributed by atoms with E-state index in [1.54, 1.807) is 17.4 Å². The molecular weight excluding hydrogens is 313 g/mol. The summed E-state index contributed by atoms with van der Waals surface area (Å²) >= 11 is 4.87. The van der Waals surface area contributed by atoms with E-state index in [1.165, 1.54) is 18.9 Å². The molecule has 4 heteroatoms. The summed E-state index contributed by atoms with van der Waals surface area (Å²) in [4.78, 5) is 2.11. The van der Waals surface area contributed by atoms with Crippen LogP contribution in [-0.2, 0) is 0 Å². The Morgan fingerprint density at radius 2 is 2.06 bits per heavy atom. The van der Waals surface area contributed by atoms with Gasteiger partial charge in [0, 0.05) is 25.8 Å². The van der Waals surface area contributed by atoms with Gasteiger partial charge in [-0.25, -0.2) is 4.39 Å². The summed E-state index contributed by atoms with van der Waals surface area (Å²) < 4.78 is 14.6. The van der Waals surface area contributed by atoms with E-state index >= 15 is 0 Å². The highest BCUT2D eigenvalue weighted by molar-refractivity contribution is 9.10. The Morgan fingerprint density at radius 1 is 1.28 bits per heavy atom. The average molecular weight is 326 g/mol. The van der Waals surface area contributed by atoms with Crippen molar-refractivity contribution in [3.63, 3.8) is 0 Å². The molecule has 0 aliphatic heterocycles. The fraction of sp³-hybridized carbons (Fsp3) is 0.286. The fourth-order valence-corrected chi connectivity index (χ4v) is 3.52. The number of nitrogens with two attached hydrogens (primary N) is 1. The van der Waals surface area contributed by atoms with Crippen LogP contribution in [0.4, 0.5) is 4.39 Å². The molecule has 2 aromatic rings. The van der Waals surface area contributed by atoms with Gasteiger partial charge in [0.2, 0.25) is 0 Å². The van der Waals surface area contributed by atoms with Gasteiger partial charge < -0.3 is 5.73 Å². The summed E-state index contributed by atoms with van der Waals surface area (Å²) in [6.45, 7) is 0. The third kappa shape index (κ3) is 2.37. The van der Waals surface area contributed by atoms with Crippen LogP contribution in [0.15, 0.2) is 34.8 Å².